The monoisotopic (exact) mass is 202 g/mol. The molecule has 0 aliphatic rings. The van der Waals surface area contributed by atoms with E-state index in [1.807, 2.05) is 6.92 Å². The first kappa shape index (κ1) is 15.5. The minimum Gasteiger partial charge on any atom is -0.466 e. The smallest absolute Gasteiger partial charge is 0.305 e. The molecule has 0 rings (SSSR count). The van der Waals surface area contributed by atoms with Crippen LogP contribution >= 0.6 is 0 Å². The Morgan fingerprint density at radius 3 is 2.23 bits per heavy atom. The van der Waals surface area contributed by atoms with Gasteiger partial charge in [0.05, 0.1) is 6.61 Å². The molecular formula is C10H23AlO2. The van der Waals surface area contributed by atoms with Gasteiger partial charge in [-0.2, -0.15) is 0 Å². The fourth-order valence-corrected chi connectivity index (χ4v) is 1.11. The summed E-state index contributed by atoms with van der Waals surface area (Å²) in [6.45, 7) is 4.54. The minimum absolute atomic E-state index is 0. The molecule has 13 heavy (non-hydrogen) atoms. The molecule has 0 saturated heterocycles. The molecule has 0 aromatic carbocycles. The van der Waals surface area contributed by atoms with Gasteiger partial charge in [-0.25, -0.2) is 0 Å². The Kier molecular flexibility index (Phi) is 14.3. The summed E-state index contributed by atoms with van der Waals surface area (Å²) in [5, 5.41) is 0. The van der Waals surface area contributed by atoms with Crippen LogP contribution in [0.2, 0.25) is 0 Å². The van der Waals surface area contributed by atoms with E-state index in [0.29, 0.717) is 13.0 Å². The van der Waals surface area contributed by atoms with Crippen LogP contribution in [0.3, 0.4) is 0 Å². The topological polar surface area (TPSA) is 26.3 Å². The highest BCUT2D eigenvalue weighted by Gasteiger charge is 1.99. The van der Waals surface area contributed by atoms with Gasteiger partial charge in [0.15, 0.2) is 17.4 Å². The van der Waals surface area contributed by atoms with Crippen LogP contribution in [-0.4, -0.2) is 29.9 Å². The second-order valence-corrected chi connectivity index (χ2v) is 2.97. The van der Waals surface area contributed by atoms with Crippen LogP contribution in [0.1, 0.15) is 52.4 Å². The number of carbonyl (C=O) groups excluding carboxylic acids is 1. The summed E-state index contributed by atoms with van der Waals surface area (Å²) in [5.74, 6) is -0.0472. The normalized spacial score (nSPS) is 9.08. The standard InChI is InChI=1S/C10H20O2.Al.3H/c1-3-5-6-7-8-9-10(11)12-4-2;;;;/h3-9H2,1-2H3;;;;. The Labute approximate surface area is 92.2 Å². The highest BCUT2D eigenvalue weighted by atomic mass is 27.0. The first-order chi connectivity index (χ1) is 5.81. The third-order valence-electron chi connectivity index (χ3n) is 1.79. The van der Waals surface area contributed by atoms with Crippen LogP contribution in [-0.2, 0) is 9.53 Å². The molecule has 0 saturated carbocycles. The Bertz CT molecular complexity index is 115. The quantitative estimate of drug-likeness (QED) is 0.357. The largest absolute Gasteiger partial charge is 0.466 e. The molecule has 0 aliphatic carbocycles. The van der Waals surface area contributed by atoms with Crippen molar-refractivity contribution < 1.29 is 9.53 Å². The van der Waals surface area contributed by atoms with E-state index in [0.717, 1.165) is 12.8 Å². The Morgan fingerprint density at radius 2 is 1.69 bits per heavy atom. The molecule has 0 unspecified atom stereocenters. The van der Waals surface area contributed by atoms with Crippen molar-refractivity contribution in [2.75, 3.05) is 6.61 Å². The summed E-state index contributed by atoms with van der Waals surface area (Å²) < 4.78 is 4.81. The molecule has 0 aromatic heterocycles. The molecule has 0 aromatic rings. The molecule has 0 aliphatic heterocycles. The Morgan fingerprint density at radius 1 is 1.08 bits per heavy atom. The number of carbonyl (C=O) groups is 1. The second kappa shape index (κ2) is 12.0. The summed E-state index contributed by atoms with van der Waals surface area (Å²) in [7, 11) is 0. The summed E-state index contributed by atoms with van der Waals surface area (Å²) >= 11 is 0. The molecule has 0 heterocycles. The number of ether oxygens (including phenoxy) is 1. The zero-order valence-corrected chi connectivity index (χ0v) is 8.27. The lowest BCUT2D eigenvalue weighted by atomic mass is 10.1. The average molecular weight is 202 g/mol. The van der Waals surface area contributed by atoms with Crippen molar-refractivity contribution in [1.82, 2.24) is 0 Å². The van der Waals surface area contributed by atoms with Gasteiger partial charge in [0.2, 0.25) is 0 Å². The first-order valence-corrected chi connectivity index (χ1v) is 4.96. The van der Waals surface area contributed by atoms with Crippen molar-refractivity contribution in [3.8, 4) is 0 Å². The van der Waals surface area contributed by atoms with Gasteiger partial charge in [-0.05, 0) is 13.3 Å². The Balaban J connectivity index is 0. The van der Waals surface area contributed by atoms with Crippen LogP contribution in [0.25, 0.3) is 0 Å². The lowest BCUT2D eigenvalue weighted by Crippen LogP contribution is -2.02. The van der Waals surface area contributed by atoms with Crippen LogP contribution in [0, 0.1) is 0 Å². The maximum Gasteiger partial charge on any atom is 0.305 e. The first-order valence-electron chi connectivity index (χ1n) is 4.96. The zero-order chi connectivity index (χ0) is 9.23. The third-order valence-corrected chi connectivity index (χ3v) is 1.79. The molecule has 3 heteroatoms. The van der Waals surface area contributed by atoms with E-state index in [-0.39, 0.29) is 23.3 Å². The van der Waals surface area contributed by atoms with Crippen molar-refractivity contribution in [2.45, 2.75) is 52.4 Å². The second-order valence-electron chi connectivity index (χ2n) is 2.97. The van der Waals surface area contributed by atoms with Crippen LogP contribution in [0.4, 0.5) is 0 Å². The van der Waals surface area contributed by atoms with Gasteiger partial charge in [-0.15, -0.1) is 0 Å². The van der Waals surface area contributed by atoms with Gasteiger partial charge in [-0.3, -0.25) is 4.79 Å². The van der Waals surface area contributed by atoms with Gasteiger partial charge >= 0.3 is 5.97 Å². The van der Waals surface area contributed by atoms with Crippen molar-refractivity contribution in [3.05, 3.63) is 0 Å². The molecule has 0 N–H and O–H groups in total. The number of esters is 1. The molecule has 0 fully saturated rings. The summed E-state index contributed by atoms with van der Waals surface area (Å²) in [4.78, 5) is 10.9. The van der Waals surface area contributed by atoms with E-state index < -0.39 is 0 Å². The van der Waals surface area contributed by atoms with E-state index in [9.17, 15) is 4.79 Å². The summed E-state index contributed by atoms with van der Waals surface area (Å²) in [5.41, 5.74) is 0. The highest BCUT2D eigenvalue weighted by Crippen LogP contribution is 2.05. The van der Waals surface area contributed by atoms with Crippen molar-refractivity contribution in [2.24, 2.45) is 0 Å². The van der Waals surface area contributed by atoms with E-state index in [2.05, 4.69) is 6.92 Å². The number of unbranched alkanes of at least 4 members (excludes halogenated alkanes) is 4. The fraction of sp³-hybridized carbons (Fsp3) is 0.900. The number of hydrogen-bond donors (Lipinski definition) is 0. The molecule has 0 radical (unpaired) electrons. The van der Waals surface area contributed by atoms with Crippen molar-refractivity contribution >= 4 is 23.3 Å². The number of rotatable bonds is 7. The molecule has 2 nitrogen and oxygen atoms in total. The van der Waals surface area contributed by atoms with Crippen molar-refractivity contribution in [1.29, 1.82) is 0 Å². The number of hydrogen-bond acceptors (Lipinski definition) is 2. The summed E-state index contributed by atoms with van der Waals surface area (Å²) in [6.07, 6.45) is 6.52. The van der Waals surface area contributed by atoms with E-state index >= 15 is 0 Å². The Hall–Kier alpha value is 0.00247. The molecular weight excluding hydrogens is 179 g/mol. The SMILES string of the molecule is CCCCCCCC(=O)OCC.[AlH3]. The van der Waals surface area contributed by atoms with Crippen LogP contribution in [0.15, 0.2) is 0 Å². The summed E-state index contributed by atoms with van der Waals surface area (Å²) in [6, 6.07) is 0. The fourth-order valence-electron chi connectivity index (χ4n) is 1.11. The molecule has 0 bridgehead atoms. The maximum atomic E-state index is 10.9. The lowest BCUT2D eigenvalue weighted by Gasteiger charge is -2.00. The van der Waals surface area contributed by atoms with Gasteiger partial charge in [0.25, 0.3) is 0 Å². The van der Waals surface area contributed by atoms with E-state index in [1.165, 1.54) is 19.3 Å². The van der Waals surface area contributed by atoms with Crippen LogP contribution < -0.4 is 0 Å². The molecule has 0 spiro atoms. The molecule has 78 valence electrons. The van der Waals surface area contributed by atoms with E-state index in [1.54, 1.807) is 0 Å². The van der Waals surface area contributed by atoms with Gasteiger partial charge in [0, 0.05) is 6.42 Å². The minimum atomic E-state index is -0.0472. The highest BCUT2D eigenvalue weighted by molar-refractivity contribution is 5.75. The zero-order valence-electron chi connectivity index (χ0n) is 8.27. The lowest BCUT2D eigenvalue weighted by molar-refractivity contribution is -0.143. The maximum absolute atomic E-state index is 10.9. The third kappa shape index (κ3) is 12.0. The predicted octanol–water partition coefficient (Wildman–Crippen LogP) is 1.73. The van der Waals surface area contributed by atoms with Crippen LogP contribution in [0.5, 0.6) is 0 Å². The van der Waals surface area contributed by atoms with E-state index in [4.69, 9.17) is 4.74 Å². The predicted molar refractivity (Wildman–Crippen MR) is 59.9 cm³/mol. The molecule has 0 atom stereocenters. The average Bonchev–Trinajstić information content (AvgIpc) is 2.05. The van der Waals surface area contributed by atoms with Gasteiger partial charge in [-0.1, -0.05) is 32.6 Å². The van der Waals surface area contributed by atoms with Gasteiger partial charge < -0.3 is 4.74 Å². The van der Waals surface area contributed by atoms with Crippen molar-refractivity contribution in [3.63, 3.8) is 0 Å². The van der Waals surface area contributed by atoms with Gasteiger partial charge in [0.1, 0.15) is 0 Å². The molecule has 0 amide bonds.